The van der Waals surface area contributed by atoms with E-state index in [0.717, 1.165) is 0 Å². The maximum Gasteiger partial charge on any atom is 0.261 e. The molecule has 0 spiro atoms. The van der Waals surface area contributed by atoms with Crippen LogP contribution in [-0.2, 0) is 4.79 Å². The zero-order chi connectivity index (χ0) is 14.3. The molecule has 5 heteroatoms. The Bertz CT molecular complexity index is 409. The van der Waals surface area contributed by atoms with Crippen molar-refractivity contribution in [1.82, 2.24) is 5.32 Å². The van der Waals surface area contributed by atoms with Gasteiger partial charge in [0.05, 0.1) is 11.1 Å². The zero-order valence-corrected chi connectivity index (χ0v) is 12.0. The molecule has 0 saturated carbocycles. The summed E-state index contributed by atoms with van der Waals surface area (Å²) in [5.41, 5.74) is 0. The highest BCUT2D eigenvalue weighted by atomic mass is 35.5. The Labute approximate surface area is 118 Å². The van der Waals surface area contributed by atoms with E-state index in [-0.39, 0.29) is 5.91 Å². The number of hydrogen-bond acceptors (Lipinski definition) is 3. The number of ether oxygens (including phenoxy) is 1. The zero-order valence-electron chi connectivity index (χ0n) is 11.2. The topological polar surface area (TPSA) is 58.6 Å². The summed E-state index contributed by atoms with van der Waals surface area (Å²) in [6, 6.07) is 7.06. The van der Waals surface area contributed by atoms with E-state index in [1.54, 1.807) is 31.2 Å². The fourth-order valence-electron chi connectivity index (χ4n) is 1.53. The number of benzene rings is 1. The van der Waals surface area contributed by atoms with E-state index in [4.69, 9.17) is 21.4 Å². The molecule has 2 unspecified atom stereocenters. The van der Waals surface area contributed by atoms with Gasteiger partial charge in [0.25, 0.3) is 5.91 Å². The van der Waals surface area contributed by atoms with Gasteiger partial charge in [-0.25, -0.2) is 0 Å². The monoisotopic (exact) mass is 285 g/mol. The first-order valence-corrected chi connectivity index (χ1v) is 6.79. The first-order chi connectivity index (χ1) is 9.04. The van der Waals surface area contributed by atoms with E-state index in [1.807, 2.05) is 6.92 Å². The van der Waals surface area contributed by atoms with Gasteiger partial charge in [0.1, 0.15) is 5.75 Å². The second-order valence-corrected chi connectivity index (χ2v) is 4.78. The molecule has 0 aliphatic carbocycles. The van der Waals surface area contributed by atoms with Crippen molar-refractivity contribution >= 4 is 17.5 Å². The van der Waals surface area contributed by atoms with Crippen molar-refractivity contribution in [3.8, 4) is 5.75 Å². The van der Waals surface area contributed by atoms with Gasteiger partial charge in [-0.15, -0.1) is 0 Å². The minimum atomic E-state index is -0.575. The molecule has 0 aliphatic heterocycles. The lowest BCUT2D eigenvalue weighted by Gasteiger charge is -2.18. The van der Waals surface area contributed by atoms with Crippen LogP contribution in [0.1, 0.15) is 26.7 Å². The predicted octanol–water partition coefficient (Wildman–Crippen LogP) is 2.38. The lowest BCUT2D eigenvalue weighted by molar-refractivity contribution is -0.128. The number of carbonyl (C=O) groups excluding carboxylic acids is 1. The Morgan fingerprint density at radius 2 is 2.16 bits per heavy atom. The Morgan fingerprint density at radius 1 is 1.47 bits per heavy atom. The summed E-state index contributed by atoms with van der Waals surface area (Å²) >= 11 is 5.99. The minimum absolute atomic E-state index is 0.192. The number of amides is 1. The predicted molar refractivity (Wildman–Crippen MR) is 75.5 cm³/mol. The van der Waals surface area contributed by atoms with E-state index in [2.05, 4.69) is 5.32 Å². The average Bonchev–Trinajstić information content (AvgIpc) is 2.37. The van der Waals surface area contributed by atoms with Crippen LogP contribution in [-0.4, -0.2) is 29.8 Å². The van der Waals surface area contributed by atoms with Gasteiger partial charge in [-0.1, -0.05) is 30.7 Å². The highest BCUT2D eigenvalue weighted by Gasteiger charge is 2.18. The molecule has 1 amide bonds. The molecule has 1 aromatic rings. The fraction of sp³-hybridized carbons (Fsp3) is 0.500. The van der Waals surface area contributed by atoms with Crippen molar-refractivity contribution in [3.63, 3.8) is 0 Å². The number of halogens is 1. The number of aliphatic hydroxyl groups excluding tert-OH is 1. The van der Waals surface area contributed by atoms with Crippen LogP contribution in [0.2, 0.25) is 5.02 Å². The molecule has 0 bridgehead atoms. The maximum absolute atomic E-state index is 11.9. The van der Waals surface area contributed by atoms with Gasteiger partial charge < -0.3 is 15.2 Å². The third kappa shape index (κ3) is 5.49. The summed E-state index contributed by atoms with van der Waals surface area (Å²) < 4.78 is 5.61. The number of nitrogens with one attached hydrogen (secondary N) is 1. The van der Waals surface area contributed by atoms with E-state index >= 15 is 0 Å². The fourth-order valence-corrected chi connectivity index (χ4v) is 1.71. The Kier molecular flexibility index (Phi) is 6.67. The maximum atomic E-state index is 11.9. The van der Waals surface area contributed by atoms with Crippen LogP contribution < -0.4 is 10.1 Å². The molecule has 106 valence electrons. The summed E-state index contributed by atoms with van der Waals surface area (Å²) in [6.07, 6.45) is 0.0683. The third-order valence-corrected chi connectivity index (χ3v) is 2.94. The summed E-state index contributed by atoms with van der Waals surface area (Å²) in [4.78, 5) is 11.9. The van der Waals surface area contributed by atoms with Crippen molar-refractivity contribution in [2.75, 3.05) is 6.54 Å². The molecule has 4 nitrogen and oxygen atoms in total. The Balaban J connectivity index is 2.53. The van der Waals surface area contributed by atoms with Gasteiger partial charge in [-0.2, -0.15) is 0 Å². The molecule has 2 atom stereocenters. The van der Waals surface area contributed by atoms with Crippen LogP contribution >= 0.6 is 11.6 Å². The van der Waals surface area contributed by atoms with E-state index in [0.29, 0.717) is 30.2 Å². The Hall–Kier alpha value is -1.26. The molecule has 0 aromatic heterocycles. The summed E-state index contributed by atoms with van der Waals surface area (Å²) in [7, 11) is 0. The summed E-state index contributed by atoms with van der Waals surface area (Å²) in [5.74, 6) is 0.310. The van der Waals surface area contributed by atoms with Gasteiger partial charge in [0.2, 0.25) is 0 Å². The molecule has 0 fully saturated rings. The number of para-hydroxylation sites is 1. The van der Waals surface area contributed by atoms with E-state index in [1.165, 1.54) is 0 Å². The molecule has 0 radical (unpaired) electrons. The minimum Gasteiger partial charge on any atom is -0.479 e. The van der Waals surface area contributed by atoms with Crippen molar-refractivity contribution < 1.29 is 14.6 Å². The van der Waals surface area contributed by atoms with Gasteiger partial charge >= 0.3 is 0 Å². The normalized spacial score (nSPS) is 13.7. The van der Waals surface area contributed by atoms with E-state index < -0.39 is 12.2 Å². The van der Waals surface area contributed by atoms with E-state index in [9.17, 15) is 4.79 Å². The molecule has 0 saturated heterocycles. The molecular formula is C14H20ClNO3. The van der Waals surface area contributed by atoms with Crippen molar-refractivity contribution in [2.24, 2.45) is 0 Å². The van der Waals surface area contributed by atoms with Crippen LogP contribution in [0.5, 0.6) is 5.75 Å². The second-order valence-electron chi connectivity index (χ2n) is 4.37. The molecule has 1 rings (SSSR count). The highest BCUT2D eigenvalue weighted by Crippen LogP contribution is 2.24. The van der Waals surface area contributed by atoms with Gasteiger partial charge in [-0.3, -0.25) is 4.79 Å². The van der Waals surface area contributed by atoms with Crippen LogP contribution in [0.4, 0.5) is 0 Å². The standard InChI is InChI=1S/C14H20ClNO3/c1-3-12(14(18)16-9-8-10(2)17)19-13-7-5-4-6-11(13)15/h4-7,10,12,17H,3,8-9H2,1-2H3,(H,16,18). The molecule has 19 heavy (non-hydrogen) atoms. The van der Waals surface area contributed by atoms with Crippen LogP contribution in [0.25, 0.3) is 0 Å². The molecule has 1 aromatic carbocycles. The van der Waals surface area contributed by atoms with Crippen LogP contribution in [0.3, 0.4) is 0 Å². The number of hydrogen-bond donors (Lipinski definition) is 2. The van der Waals surface area contributed by atoms with Crippen molar-refractivity contribution in [1.29, 1.82) is 0 Å². The first-order valence-electron chi connectivity index (χ1n) is 6.41. The average molecular weight is 286 g/mol. The third-order valence-electron chi connectivity index (χ3n) is 2.63. The van der Waals surface area contributed by atoms with Crippen LogP contribution in [0.15, 0.2) is 24.3 Å². The number of rotatable bonds is 7. The van der Waals surface area contributed by atoms with Gasteiger partial charge in [0, 0.05) is 6.54 Å². The summed E-state index contributed by atoms with van der Waals surface area (Å²) in [6.45, 7) is 3.98. The largest absolute Gasteiger partial charge is 0.479 e. The first kappa shape index (κ1) is 15.8. The number of aliphatic hydroxyl groups is 1. The number of carbonyl (C=O) groups is 1. The van der Waals surface area contributed by atoms with Gasteiger partial charge in [-0.05, 0) is 31.9 Å². The van der Waals surface area contributed by atoms with Gasteiger partial charge in [0.15, 0.2) is 6.10 Å². The molecule has 2 N–H and O–H groups in total. The molecular weight excluding hydrogens is 266 g/mol. The summed E-state index contributed by atoms with van der Waals surface area (Å²) in [5, 5.41) is 12.4. The molecule has 0 aliphatic rings. The lowest BCUT2D eigenvalue weighted by atomic mass is 10.2. The lowest BCUT2D eigenvalue weighted by Crippen LogP contribution is -2.39. The Morgan fingerprint density at radius 3 is 2.74 bits per heavy atom. The smallest absolute Gasteiger partial charge is 0.261 e. The molecule has 0 heterocycles. The highest BCUT2D eigenvalue weighted by molar-refractivity contribution is 6.32. The second kappa shape index (κ2) is 8.02. The SMILES string of the molecule is CCC(Oc1ccccc1Cl)C(=O)NCCC(C)O. The van der Waals surface area contributed by atoms with Crippen LogP contribution in [0, 0.1) is 0 Å². The van der Waals surface area contributed by atoms with Crippen molar-refractivity contribution in [3.05, 3.63) is 29.3 Å². The quantitative estimate of drug-likeness (QED) is 0.809. The van der Waals surface area contributed by atoms with Crippen molar-refractivity contribution in [2.45, 2.75) is 38.9 Å².